The van der Waals surface area contributed by atoms with Crippen molar-refractivity contribution in [1.29, 1.82) is 0 Å². The predicted molar refractivity (Wildman–Crippen MR) is 33.2 cm³/mol. The third-order valence-electron chi connectivity index (χ3n) is 0.869. The lowest BCUT2D eigenvalue weighted by molar-refractivity contribution is 0.320. The van der Waals surface area contributed by atoms with Gasteiger partial charge in [0.05, 0.1) is 0 Å². The fraction of sp³-hybridized carbons (Fsp3) is 0.800. The first-order valence-electron chi connectivity index (χ1n) is 2.77. The number of nitrogens with two attached hydrogens (primary N) is 1. The van der Waals surface area contributed by atoms with Gasteiger partial charge in [-0.05, 0) is 25.8 Å². The average molecular weight is 116 g/mol. The van der Waals surface area contributed by atoms with E-state index >= 15 is 0 Å². The summed E-state index contributed by atoms with van der Waals surface area (Å²) in [6.45, 7) is 0.721. The Balaban J connectivity index is 2.72. The van der Waals surface area contributed by atoms with Crippen molar-refractivity contribution in [2.24, 2.45) is 10.9 Å². The van der Waals surface area contributed by atoms with Crippen LogP contribution in [0.1, 0.15) is 19.3 Å². The van der Waals surface area contributed by atoms with Gasteiger partial charge < -0.3 is 10.9 Å². The van der Waals surface area contributed by atoms with E-state index in [0.717, 1.165) is 25.8 Å². The normalized spacial score (nSPS) is 10.6. The fourth-order valence-corrected chi connectivity index (χ4v) is 0.438. The zero-order valence-corrected chi connectivity index (χ0v) is 4.88. The van der Waals surface area contributed by atoms with Gasteiger partial charge in [-0.25, -0.2) is 0 Å². The number of unbranched alkanes of at least 4 members (excludes halogenated alkanes) is 2. The molecule has 0 aliphatic rings. The molecule has 0 rings (SSSR count). The monoisotopic (exact) mass is 116 g/mol. The van der Waals surface area contributed by atoms with Crippen molar-refractivity contribution < 1.29 is 5.21 Å². The summed E-state index contributed by atoms with van der Waals surface area (Å²) in [5.41, 5.74) is 5.20. The highest BCUT2D eigenvalue weighted by Gasteiger charge is 1.80. The highest BCUT2D eigenvalue weighted by molar-refractivity contribution is 5.55. The molecule has 0 bridgehead atoms. The van der Waals surface area contributed by atoms with Crippen LogP contribution in [-0.4, -0.2) is 18.0 Å². The molecule has 0 amide bonds. The van der Waals surface area contributed by atoms with Gasteiger partial charge >= 0.3 is 0 Å². The van der Waals surface area contributed by atoms with Crippen LogP contribution < -0.4 is 5.73 Å². The molecular weight excluding hydrogens is 104 g/mol. The third-order valence-corrected chi connectivity index (χ3v) is 0.869. The summed E-state index contributed by atoms with van der Waals surface area (Å²) in [6, 6.07) is 0. The van der Waals surface area contributed by atoms with E-state index in [9.17, 15) is 0 Å². The Morgan fingerprint density at radius 2 is 2.25 bits per heavy atom. The number of nitrogens with zero attached hydrogens (tertiary/aromatic N) is 1. The maximum absolute atomic E-state index is 7.90. The molecule has 0 aliphatic carbocycles. The molecule has 8 heavy (non-hydrogen) atoms. The van der Waals surface area contributed by atoms with Crippen LogP contribution in [0.2, 0.25) is 0 Å². The number of hydrogen-bond donors (Lipinski definition) is 2. The largest absolute Gasteiger partial charge is 0.411 e. The van der Waals surface area contributed by atoms with Crippen LogP contribution in [0.15, 0.2) is 5.16 Å². The van der Waals surface area contributed by atoms with E-state index in [0.29, 0.717) is 0 Å². The summed E-state index contributed by atoms with van der Waals surface area (Å²) in [7, 11) is 0. The van der Waals surface area contributed by atoms with E-state index < -0.39 is 0 Å². The van der Waals surface area contributed by atoms with E-state index in [1.807, 2.05) is 0 Å². The first-order chi connectivity index (χ1) is 3.91. The molecule has 0 unspecified atom stereocenters. The van der Waals surface area contributed by atoms with Crippen molar-refractivity contribution in [2.75, 3.05) is 6.54 Å². The summed E-state index contributed by atoms with van der Waals surface area (Å²) in [4.78, 5) is 0. The molecule has 0 atom stereocenters. The number of rotatable bonds is 4. The van der Waals surface area contributed by atoms with E-state index in [2.05, 4.69) is 5.16 Å². The topological polar surface area (TPSA) is 58.6 Å². The summed E-state index contributed by atoms with van der Waals surface area (Å²) in [5, 5.41) is 10.7. The van der Waals surface area contributed by atoms with Crippen LogP contribution in [0.25, 0.3) is 0 Å². The van der Waals surface area contributed by atoms with Gasteiger partial charge in [-0.3, -0.25) is 0 Å². The summed E-state index contributed by atoms with van der Waals surface area (Å²) >= 11 is 0. The van der Waals surface area contributed by atoms with Gasteiger partial charge in [0.25, 0.3) is 0 Å². The van der Waals surface area contributed by atoms with Crippen molar-refractivity contribution in [2.45, 2.75) is 19.3 Å². The van der Waals surface area contributed by atoms with Gasteiger partial charge in [-0.15, -0.1) is 5.16 Å². The first kappa shape index (κ1) is 7.43. The maximum atomic E-state index is 7.90. The average Bonchev–Trinajstić information content (AvgIpc) is 1.81. The van der Waals surface area contributed by atoms with E-state index in [1.54, 1.807) is 0 Å². The van der Waals surface area contributed by atoms with E-state index in [4.69, 9.17) is 10.9 Å². The second-order valence-corrected chi connectivity index (χ2v) is 1.58. The Morgan fingerprint density at radius 1 is 1.50 bits per heavy atom. The van der Waals surface area contributed by atoms with Crippen LogP contribution >= 0.6 is 0 Å². The standard InChI is InChI=1S/C5H12N2O/c6-4-2-1-3-5-7-8/h5,8H,1-4,6H2/b7-5+. The minimum Gasteiger partial charge on any atom is -0.411 e. The van der Waals surface area contributed by atoms with Crippen LogP contribution in [0.5, 0.6) is 0 Å². The molecule has 0 aliphatic heterocycles. The van der Waals surface area contributed by atoms with Crippen molar-refractivity contribution in [3.05, 3.63) is 0 Å². The smallest absolute Gasteiger partial charge is 0.0435 e. The molecule has 0 radical (unpaired) electrons. The minimum absolute atomic E-state index is 0.721. The molecule has 3 nitrogen and oxygen atoms in total. The van der Waals surface area contributed by atoms with Crippen molar-refractivity contribution in [1.82, 2.24) is 0 Å². The van der Waals surface area contributed by atoms with Crippen LogP contribution in [0.4, 0.5) is 0 Å². The van der Waals surface area contributed by atoms with Gasteiger partial charge in [-0.1, -0.05) is 0 Å². The second-order valence-electron chi connectivity index (χ2n) is 1.58. The van der Waals surface area contributed by atoms with Gasteiger partial charge in [0.15, 0.2) is 0 Å². The van der Waals surface area contributed by atoms with Crippen molar-refractivity contribution in [3.63, 3.8) is 0 Å². The summed E-state index contributed by atoms with van der Waals surface area (Å²) in [5.74, 6) is 0. The molecule has 3 heteroatoms. The zero-order chi connectivity index (χ0) is 6.24. The predicted octanol–water partition coefficient (Wildman–Crippen LogP) is 0.575. The molecule has 48 valence electrons. The Bertz CT molecular complexity index is 63.4. The minimum atomic E-state index is 0.721. The fourth-order valence-electron chi connectivity index (χ4n) is 0.438. The Kier molecular flexibility index (Phi) is 5.97. The lowest BCUT2D eigenvalue weighted by atomic mass is 10.2. The van der Waals surface area contributed by atoms with Gasteiger partial charge in [-0.2, -0.15) is 0 Å². The SMILES string of the molecule is NCCCC/C=N/O. The molecule has 0 aromatic heterocycles. The Hall–Kier alpha value is -0.570. The van der Waals surface area contributed by atoms with Gasteiger partial charge in [0.1, 0.15) is 0 Å². The van der Waals surface area contributed by atoms with Crippen molar-refractivity contribution >= 4 is 6.21 Å². The molecule has 0 aromatic carbocycles. The van der Waals surface area contributed by atoms with Crippen LogP contribution in [0, 0.1) is 0 Å². The molecule has 0 saturated carbocycles. The summed E-state index contributed by atoms with van der Waals surface area (Å²) < 4.78 is 0. The first-order valence-corrected chi connectivity index (χ1v) is 2.77. The Labute approximate surface area is 49.2 Å². The lowest BCUT2D eigenvalue weighted by Crippen LogP contribution is -1.97. The third kappa shape index (κ3) is 5.43. The van der Waals surface area contributed by atoms with Crippen LogP contribution in [0.3, 0.4) is 0 Å². The highest BCUT2D eigenvalue weighted by Crippen LogP contribution is 1.88. The Morgan fingerprint density at radius 3 is 2.75 bits per heavy atom. The molecule has 0 spiro atoms. The second kappa shape index (κ2) is 6.43. The highest BCUT2D eigenvalue weighted by atomic mass is 16.4. The lowest BCUT2D eigenvalue weighted by Gasteiger charge is -1.88. The van der Waals surface area contributed by atoms with E-state index in [1.165, 1.54) is 6.21 Å². The van der Waals surface area contributed by atoms with Crippen molar-refractivity contribution in [3.8, 4) is 0 Å². The van der Waals surface area contributed by atoms with Gasteiger partial charge in [0, 0.05) is 6.21 Å². The number of oxime groups is 1. The van der Waals surface area contributed by atoms with E-state index in [-0.39, 0.29) is 0 Å². The zero-order valence-electron chi connectivity index (χ0n) is 4.88. The molecule has 0 heterocycles. The maximum Gasteiger partial charge on any atom is 0.0435 e. The van der Waals surface area contributed by atoms with Gasteiger partial charge in [0.2, 0.25) is 0 Å². The quantitative estimate of drug-likeness (QED) is 0.244. The van der Waals surface area contributed by atoms with Crippen LogP contribution in [-0.2, 0) is 0 Å². The molecule has 0 saturated heterocycles. The molecular formula is C5H12N2O. The molecule has 3 N–H and O–H groups in total. The summed E-state index contributed by atoms with van der Waals surface area (Å²) in [6.07, 6.45) is 4.33. The molecule has 0 aromatic rings. The number of hydrogen-bond acceptors (Lipinski definition) is 3. The molecule has 0 fully saturated rings.